The summed E-state index contributed by atoms with van der Waals surface area (Å²) >= 11 is 1.54. The van der Waals surface area contributed by atoms with Gasteiger partial charge in [0, 0.05) is 0 Å². The number of nitrogens with zero attached hydrogens (tertiary/aromatic N) is 1. The van der Waals surface area contributed by atoms with Crippen LogP contribution < -0.4 is 0 Å². The highest BCUT2D eigenvalue weighted by Gasteiger charge is 2.30. The molecule has 0 saturated heterocycles. The molecule has 2 unspecified atom stereocenters. The van der Waals surface area contributed by atoms with Crippen molar-refractivity contribution >= 4 is 22.8 Å². The summed E-state index contributed by atoms with van der Waals surface area (Å²) in [5.41, 5.74) is 0. The fraction of sp³-hybridized carbons (Fsp3) is 0.750. The molecule has 0 saturated carbocycles. The minimum Gasteiger partial charge on any atom is -0.459 e. The molecule has 0 radical (unpaired) electrons. The van der Waals surface area contributed by atoms with Gasteiger partial charge in [-0.05, 0) is 19.6 Å². The molecular formula is C8H13NO2S. The molecule has 12 heavy (non-hydrogen) atoms. The topological polar surface area (TPSA) is 38.7 Å². The van der Waals surface area contributed by atoms with Crippen molar-refractivity contribution in [3.05, 3.63) is 0 Å². The van der Waals surface area contributed by atoms with E-state index in [0.29, 0.717) is 5.23 Å². The average Bonchev–Trinajstić information content (AvgIpc) is 2.32. The molecule has 2 atom stereocenters. The molecule has 0 aromatic carbocycles. The van der Waals surface area contributed by atoms with Crippen LogP contribution in [0.5, 0.6) is 0 Å². The maximum absolute atomic E-state index is 11.0. The normalized spacial score (nSPS) is 28.1. The Balaban J connectivity index is 2.54. The summed E-state index contributed by atoms with van der Waals surface area (Å²) in [5.74, 6) is 0.980. The van der Waals surface area contributed by atoms with Crippen LogP contribution in [0.2, 0.25) is 0 Å². The summed E-state index contributed by atoms with van der Waals surface area (Å²) in [7, 11) is 0. The Bertz CT molecular complexity index is 215. The first-order valence-corrected chi connectivity index (χ1v) is 5.01. The molecular weight excluding hydrogens is 174 g/mol. The molecule has 1 heterocycles. The first-order chi connectivity index (χ1) is 5.65. The summed E-state index contributed by atoms with van der Waals surface area (Å²) < 4.78 is 5.34. The number of ketones is 1. The highest BCUT2D eigenvalue weighted by atomic mass is 32.2. The Kier molecular flexibility index (Phi) is 3.14. The molecule has 0 aromatic rings. The second-order valence-electron chi connectivity index (χ2n) is 2.72. The van der Waals surface area contributed by atoms with Gasteiger partial charge >= 0.3 is 0 Å². The smallest absolute Gasteiger partial charge is 0.246 e. The first-order valence-electron chi connectivity index (χ1n) is 4.03. The Hall–Kier alpha value is -0.510. The third kappa shape index (κ3) is 2.00. The van der Waals surface area contributed by atoms with Crippen molar-refractivity contribution in [1.29, 1.82) is 0 Å². The number of hydrogen-bond donors (Lipinski definition) is 0. The Morgan fingerprint density at radius 3 is 2.83 bits per heavy atom. The fourth-order valence-electron chi connectivity index (χ4n) is 1.09. The Morgan fingerprint density at radius 1 is 1.75 bits per heavy atom. The highest BCUT2D eigenvalue weighted by Crippen LogP contribution is 2.20. The molecule has 1 aliphatic heterocycles. The van der Waals surface area contributed by atoms with Crippen LogP contribution in [-0.2, 0) is 9.53 Å². The SMILES string of the molecule is CCSC1=NC(C)C(C(C)=O)O1. The van der Waals surface area contributed by atoms with Crippen molar-refractivity contribution < 1.29 is 9.53 Å². The fourth-order valence-corrected chi connectivity index (χ4v) is 1.75. The van der Waals surface area contributed by atoms with E-state index in [2.05, 4.69) is 4.99 Å². The number of carbonyl (C=O) groups excluding carboxylic acids is 1. The molecule has 0 amide bonds. The van der Waals surface area contributed by atoms with E-state index in [1.165, 1.54) is 18.7 Å². The van der Waals surface area contributed by atoms with E-state index in [1.807, 2.05) is 13.8 Å². The minimum absolute atomic E-state index is 0.0171. The highest BCUT2D eigenvalue weighted by molar-refractivity contribution is 8.13. The van der Waals surface area contributed by atoms with Crippen LogP contribution in [-0.4, -0.2) is 28.9 Å². The molecule has 68 valence electrons. The molecule has 1 rings (SSSR count). The molecule has 0 N–H and O–H groups in total. The third-order valence-electron chi connectivity index (χ3n) is 1.64. The van der Waals surface area contributed by atoms with Crippen molar-refractivity contribution in [1.82, 2.24) is 0 Å². The largest absolute Gasteiger partial charge is 0.459 e. The van der Waals surface area contributed by atoms with Gasteiger partial charge in [0.2, 0.25) is 5.23 Å². The minimum atomic E-state index is -0.348. The number of hydrogen-bond acceptors (Lipinski definition) is 4. The second kappa shape index (κ2) is 3.94. The van der Waals surface area contributed by atoms with Gasteiger partial charge in [-0.2, -0.15) is 0 Å². The van der Waals surface area contributed by atoms with Gasteiger partial charge in [0.1, 0.15) is 0 Å². The standard InChI is InChI=1S/C8H13NO2S/c1-4-12-8-9-5(2)7(11-8)6(3)10/h5,7H,4H2,1-3H3. The van der Waals surface area contributed by atoms with Gasteiger partial charge < -0.3 is 4.74 Å². The van der Waals surface area contributed by atoms with E-state index < -0.39 is 0 Å². The quantitative estimate of drug-likeness (QED) is 0.657. The molecule has 3 nitrogen and oxygen atoms in total. The van der Waals surface area contributed by atoms with Gasteiger partial charge in [0.25, 0.3) is 0 Å². The van der Waals surface area contributed by atoms with E-state index >= 15 is 0 Å². The van der Waals surface area contributed by atoms with Gasteiger partial charge in [-0.25, -0.2) is 4.99 Å². The van der Waals surface area contributed by atoms with Crippen LogP contribution in [0.1, 0.15) is 20.8 Å². The number of rotatable bonds is 2. The van der Waals surface area contributed by atoms with Crippen LogP contribution in [0.15, 0.2) is 4.99 Å². The maximum Gasteiger partial charge on any atom is 0.246 e. The van der Waals surface area contributed by atoms with E-state index in [9.17, 15) is 4.79 Å². The second-order valence-corrected chi connectivity index (χ2v) is 3.93. The van der Waals surface area contributed by atoms with Gasteiger partial charge in [0.15, 0.2) is 11.9 Å². The van der Waals surface area contributed by atoms with Crippen LogP contribution in [0.4, 0.5) is 0 Å². The lowest BCUT2D eigenvalue weighted by Crippen LogP contribution is -2.27. The average molecular weight is 187 g/mol. The zero-order valence-corrected chi connectivity index (χ0v) is 8.35. The zero-order valence-electron chi connectivity index (χ0n) is 7.53. The molecule has 0 bridgehead atoms. The Morgan fingerprint density at radius 2 is 2.42 bits per heavy atom. The number of thioether (sulfide) groups is 1. The maximum atomic E-state index is 11.0. The molecule has 4 heteroatoms. The third-order valence-corrected chi connectivity index (χ3v) is 2.38. The van der Waals surface area contributed by atoms with Crippen molar-refractivity contribution in [3.8, 4) is 0 Å². The first kappa shape index (κ1) is 9.58. The van der Waals surface area contributed by atoms with Crippen molar-refractivity contribution in [2.45, 2.75) is 32.9 Å². The van der Waals surface area contributed by atoms with Gasteiger partial charge in [0.05, 0.1) is 6.04 Å². The zero-order chi connectivity index (χ0) is 9.14. The van der Waals surface area contributed by atoms with Crippen LogP contribution in [0.25, 0.3) is 0 Å². The van der Waals surface area contributed by atoms with E-state index in [-0.39, 0.29) is 17.9 Å². The van der Waals surface area contributed by atoms with Crippen molar-refractivity contribution in [2.24, 2.45) is 4.99 Å². The lowest BCUT2D eigenvalue weighted by Gasteiger charge is -2.09. The monoisotopic (exact) mass is 187 g/mol. The van der Waals surface area contributed by atoms with Crippen LogP contribution in [0.3, 0.4) is 0 Å². The van der Waals surface area contributed by atoms with Gasteiger partial charge in [-0.3, -0.25) is 4.79 Å². The van der Waals surface area contributed by atoms with Gasteiger partial charge in [-0.15, -0.1) is 0 Å². The van der Waals surface area contributed by atoms with E-state index in [1.54, 1.807) is 0 Å². The summed E-state index contributed by atoms with van der Waals surface area (Å²) in [6, 6.07) is -0.0171. The lowest BCUT2D eigenvalue weighted by atomic mass is 10.1. The predicted octanol–water partition coefficient (Wildman–Crippen LogP) is 1.47. The lowest BCUT2D eigenvalue weighted by molar-refractivity contribution is -0.123. The Labute approximate surface area is 76.6 Å². The van der Waals surface area contributed by atoms with Gasteiger partial charge in [-0.1, -0.05) is 18.7 Å². The van der Waals surface area contributed by atoms with Crippen LogP contribution in [0, 0.1) is 0 Å². The number of carbonyl (C=O) groups is 1. The summed E-state index contributed by atoms with van der Waals surface area (Å²) in [6.07, 6.45) is -0.348. The summed E-state index contributed by atoms with van der Waals surface area (Å²) in [5, 5.41) is 0.658. The van der Waals surface area contributed by atoms with E-state index in [0.717, 1.165) is 5.75 Å². The number of Topliss-reactive ketones (excluding diaryl/α,β-unsaturated/α-hetero) is 1. The van der Waals surface area contributed by atoms with Crippen molar-refractivity contribution in [3.63, 3.8) is 0 Å². The number of ether oxygens (including phenoxy) is 1. The molecule has 0 aliphatic carbocycles. The molecule has 1 aliphatic rings. The summed E-state index contributed by atoms with van der Waals surface area (Å²) in [6.45, 7) is 5.47. The predicted molar refractivity (Wildman–Crippen MR) is 50.6 cm³/mol. The molecule has 0 spiro atoms. The van der Waals surface area contributed by atoms with Crippen molar-refractivity contribution in [2.75, 3.05) is 5.75 Å². The van der Waals surface area contributed by atoms with E-state index in [4.69, 9.17) is 4.74 Å². The van der Waals surface area contributed by atoms with Crippen LogP contribution >= 0.6 is 11.8 Å². The summed E-state index contributed by atoms with van der Waals surface area (Å²) in [4.78, 5) is 15.2. The molecule has 0 aromatic heterocycles. The number of aliphatic imine (C=N–C) groups is 1. The molecule has 0 fully saturated rings.